The van der Waals surface area contributed by atoms with Crippen LogP contribution < -0.4 is 4.74 Å². The molecule has 2 nitrogen and oxygen atoms in total. The first-order valence-electron chi connectivity index (χ1n) is 4.77. The van der Waals surface area contributed by atoms with Crippen molar-refractivity contribution >= 4 is 22.9 Å². The Bertz CT molecular complexity index is 481. The van der Waals surface area contributed by atoms with E-state index in [0.717, 1.165) is 10.4 Å². The molecule has 0 bridgehead atoms. The lowest BCUT2D eigenvalue weighted by Gasteiger charge is -2.11. The summed E-state index contributed by atoms with van der Waals surface area (Å²) in [6, 6.07) is 9.04. The SMILES string of the molecule is COc1ccsc1C(O)c1cccc(Cl)c1. The fourth-order valence-electron chi connectivity index (χ4n) is 1.51. The Kier molecular flexibility index (Phi) is 3.49. The number of benzene rings is 1. The van der Waals surface area contributed by atoms with Gasteiger partial charge in [0, 0.05) is 5.02 Å². The molecule has 16 heavy (non-hydrogen) atoms. The third-order valence-corrected chi connectivity index (χ3v) is 3.48. The van der Waals surface area contributed by atoms with Gasteiger partial charge >= 0.3 is 0 Å². The Morgan fingerprint density at radius 3 is 2.88 bits per heavy atom. The van der Waals surface area contributed by atoms with Crippen LogP contribution in [0.5, 0.6) is 5.75 Å². The van der Waals surface area contributed by atoms with Crippen molar-refractivity contribution in [1.29, 1.82) is 0 Å². The van der Waals surface area contributed by atoms with E-state index >= 15 is 0 Å². The van der Waals surface area contributed by atoms with Crippen LogP contribution in [0.1, 0.15) is 16.5 Å². The topological polar surface area (TPSA) is 29.5 Å². The summed E-state index contributed by atoms with van der Waals surface area (Å²) in [5.41, 5.74) is 0.772. The van der Waals surface area contributed by atoms with Gasteiger partial charge in [-0.25, -0.2) is 0 Å². The smallest absolute Gasteiger partial charge is 0.135 e. The van der Waals surface area contributed by atoms with E-state index in [9.17, 15) is 5.11 Å². The zero-order valence-corrected chi connectivity index (χ0v) is 10.3. The molecule has 2 aromatic rings. The summed E-state index contributed by atoms with van der Waals surface area (Å²) in [6.07, 6.45) is -0.686. The zero-order valence-electron chi connectivity index (χ0n) is 8.68. The number of methoxy groups -OCH3 is 1. The summed E-state index contributed by atoms with van der Waals surface area (Å²) in [7, 11) is 1.59. The fraction of sp³-hybridized carbons (Fsp3) is 0.167. The molecule has 0 fully saturated rings. The van der Waals surface area contributed by atoms with Gasteiger partial charge in [0.05, 0.1) is 12.0 Å². The maximum Gasteiger partial charge on any atom is 0.135 e. The monoisotopic (exact) mass is 254 g/mol. The molecule has 0 aliphatic heterocycles. The van der Waals surface area contributed by atoms with Crippen molar-refractivity contribution in [3.8, 4) is 5.75 Å². The van der Waals surface area contributed by atoms with Crippen LogP contribution in [-0.4, -0.2) is 12.2 Å². The first kappa shape index (κ1) is 11.5. The predicted octanol–water partition coefficient (Wildman–Crippen LogP) is 3.49. The average molecular weight is 255 g/mol. The Labute approximate surface area is 103 Å². The Morgan fingerprint density at radius 2 is 2.19 bits per heavy atom. The standard InChI is InChI=1S/C12H11ClO2S/c1-15-10-5-6-16-12(10)11(14)8-3-2-4-9(13)7-8/h2-7,11,14H,1H3. The van der Waals surface area contributed by atoms with Gasteiger partial charge in [0.15, 0.2) is 0 Å². The maximum absolute atomic E-state index is 10.2. The third-order valence-electron chi connectivity index (χ3n) is 2.29. The van der Waals surface area contributed by atoms with Crippen molar-refractivity contribution in [3.63, 3.8) is 0 Å². The van der Waals surface area contributed by atoms with Crippen LogP contribution in [0, 0.1) is 0 Å². The Balaban J connectivity index is 2.35. The van der Waals surface area contributed by atoms with Gasteiger partial charge in [-0.05, 0) is 29.1 Å². The molecule has 1 unspecified atom stereocenters. The number of aliphatic hydroxyl groups is 1. The maximum atomic E-state index is 10.2. The number of halogens is 1. The molecule has 2 rings (SSSR count). The highest BCUT2D eigenvalue weighted by atomic mass is 35.5. The van der Waals surface area contributed by atoms with Crippen LogP contribution in [0.15, 0.2) is 35.7 Å². The van der Waals surface area contributed by atoms with Gasteiger partial charge in [-0.2, -0.15) is 0 Å². The van der Waals surface area contributed by atoms with Crippen LogP contribution >= 0.6 is 22.9 Å². The van der Waals surface area contributed by atoms with Crippen molar-refractivity contribution in [2.45, 2.75) is 6.10 Å². The molecule has 0 spiro atoms. The van der Waals surface area contributed by atoms with Crippen molar-refractivity contribution in [2.24, 2.45) is 0 Å². The van der Waals surface area contributed by atoms with Gasteiger partial charge in [0.25, 0.3) is 0 Å². The van der Waals surface area contributed by atoms with Crippen LogP contribution in [0.3, 0.4) is 0 Å². The fourth-order valence-corrected chi connectivity index (χ4v) is 2.57. The number of aliphatic hydroxyl groups excluding tert-OH is 1. The van der Waals surface area contributed by atoms with Gasteiger partial charge in [-0.3, -0.25) is 0 Å². The first-order valence-corrected chi connectivity index (χ1v) is 6.03. The van der Waals surface area contributed by atoms with Gasteiger partial charge in [0.1, 0.15) is 11.9 Å². The van der Waals surface area contributed by atoms with Gasteiger partial charge in [-0.1, -0.05) is 23.7 Å². The normalized spacial score (nSPS) is 12.4. The lowest BCUT2D eigenvalue weighted by Crippen LogP contribution is -1.98. The number of hydrogen-bond acceptors (Lipinski definition) is 3. The van der Waals surface area contributed by atoms with E-state index in [1.165, 1.54) is 11.3 Å². The largest absolute Gasteiger partial charge is 0.495 e. The van der Waals surface area contributed by atoms with E-state index < -0.39 is 6.10 Å². The summed E-state index contributed by atoms with van der Waals surface area (Å²) in [5, 5.41) is 12.7. The second-order valence-corrected chi connectivity index (χ2v) is 4.69. The molecule has 0 saturated heterocycles. The van der Waals surface area contributed by atoms with Crippen LogP contribution in [0.25, 0.3) is 0 Å². The number of ether oxygens (including phenoxy) is 1. The van der Waals surface area contributed by atoms with Crippen molar-refractivity contribution in [1.82, 2.24) is 0 Å². The van der Waals surface area contributed by atoms with Crippen LogP contribution in [0.2, 0.25) is 5.02 Å². The minimum absolute atomic E-state index is 0.618. The average Bonchev–Trinajstić information content (AvgIpc) is 2.76. The molecule has 0 radical (unpaired) electrons. The summed E-state index contributed by atoms with van der Waals surface area (Å²) in [4.78, 5) is 0.796. The quantitative estimate of drug-likeness (QED) is 0.909. The van der Waals surface area contributed by atoms with Crippen LogP contribution in [0.4, 0.5) is 0 Å². The van der Waals surface area contributed by atoms with E-state index in [1.807, 2.05) is 23.6 Å². The highest BCUT2D eigenvalue weighted by Gasteiger charge is 2.16. The second-order valence-electron chi connectivity index (χ2n) is 3.31. The van der Waals surface area contributed by atoms with E-state index in [-0.39, 0.29) is 0 Å². The molecular formula is C12H11ClO2S. The Hall–Kier alpha value is -1.03. The molecule has 0 aliphatic rings. The molecule has 84 valence electrons. The molecule has 1 N–H and O–H groups in total. The minimum atomic E-state index is -0.686. The number of hydrogen-bond donors (Lipinski definition) is 1. The van der Waals surface area contributed by atoms with Gasteiger partial charge < -0.3 is 9.84 Å². The van der Waals surface area contributed by atoms with E-state index in [4.69, 9.17) is 16.3 Å². The zero-order chi connectivity index (χ0) is 11.5. The summed E-state index contributed by atoms with van der Waals surface area (Å²) in [5.74, 6) is 0.706. The lowest BCUT2D eigenvalue weighted by atomic mass is 10.1. The molecule has 1 atom stereocenters. The highest BCUT2D eigenvalue weighted by molar-refractivity contribution is 7.10. The number of thiophene rings is 1. The lowest BCUT2D eigenvalue weighted by molar-refractivity contribution is 0.219. The van der Waals surface area contributed by atoms with Gasteiger partial charge in [0.2, 0.25) is 0 Å². The predicted molar refractivity (Wildman–Crippen MR) is 66.4 cm³/mol. The minimum Gasteiger partial charge on any atom is -0.495 e. The van der Waals surface area contributed by atoms with Crippen molar-refractivity contribution in [2.75, 3.05) is 7.11 Å². The molecule has 1 aromatic carbocycles. The third kappa shape index (κ3) is 2.21. The molecular weight excluding hydrogens is 244 g/mol. The second kappa shape index (κ2) is 4.87. The van der Waals surface area contributed by atoms with Crippen molar-refractivity contribution < 1.29 is 9.84 Å². The number of rotatable bonds is 3. The molecule has 1 aromatic heterocycles. The summed E-state index contributed by atoms with van der Waals surface area (Å²) < 4.78 is 5.18. The van der Waals surface area contributed by atoms with Crippen molar-refractivity contribution in [3.05, 3.63) is 51.2 Å². The van der Waals surface area contributed by atoms with Crippen LogP contribution in [-0.2, 0) is 0 Å². The van der Waals surface area contributed by atoms with Gasteiger partial charge in [-0.15, -0.1) is 11.3 Å². The summed E-state index contributed by atoms with van der Waals surface area (Å²) >= 11 is 7.35. The molecule has 0 amide bonds. The molecule has 1 heterocycles. The molecule has 0 aliphatic carbocycles. The summed E-state index contributed by atoms with van der Waals surface area (Å²) in [6.45, 7) is 0. The first-order chi connectivity index (χ1) is 7.72. The highest BCUT2D eigenvalue weighted by Crippen LogP contribution is 2.35. The van der Waals surface area contributed by atoms with E-state index in [1.54, 1.807) is 19.2 Å². The van der Waals surface area contributed by atoms with E-state index in [0.29, 0.717) is 10.8 Å². The molecule has 0 saturated carbocycles. The van der Waals surface area contributed by atoms with E-state index in [2.05, 4.69) is 0 Å². The Morgan fingerprint density at radius 1 is 1.38 bits per heavy atom. The molecule has 4 heteroatoms.